The van der Waals surface area contributed by atoms with Gasteiger partial charge in [0.2, 0.25) is 17.6 Å². The van der Waals surface area contributed by atoms with Crippen molar-refractivity contribution in [2.24, 2.45) is 5.92 Å². The van der Waals surface area contributed by atoms with Crippen LogP contribution in [0.1, 0.15) is 111 Å². The SMILES string of the molecule is C=CCCC(NC(=O)[C@@H]1CCCN1C(=O)C(NC(=O)OC(C)(C)C)C1CCCCC1)C(=O)C(=O)NCCC1=CCCCC1. The van der Waals surface area contributed by atoms with Crippen LogP contribution in [0.3, 0.4) is 0 Å². The lowest BCUT2D eigenvalue weighted by atomic mass is 9.83. The molecule has 43 heavy (non-hydrogen) atoms. The maximum absolute atomic E-state index is 13.9. The van der Waals surface area contributed by atoms with E-state index in [-0.39, 0.29) is 18.2 Å². The van der Waals surface area contributed by atoms with Crippen molar-refractivity contribution in [3.63, 3.8) is 0 Å². The van der Waals surface area contributed by atoms with Gasteiger partial charge in [0.1, 0.15) is 17.7 Å². The number of amides is 4. The Kier molecular flexibility index (Phi) is 13.3. The van der Waals surface area contributed by atoms with Crippen LogP contribution in [-0.4, -0.2) is 71.3 Å². The van der Waals surface area contributed by atoms with Gasteiger partial charge in [0.05, 0.1) is 6.04 Å². The highest BCUT2D eigenvalue weighted by atomic mass is 16.6. The minimum atomic E-state index is -1.02. The summed E-state index contributed by atoms with van der Waals surface area (Å²) in [5.74, 6) is -2.24. The summed E-state index contributed by atoms with van der Waals surface area (Å²) in [7, 11) is 0. The summed E-state index contributed by atoms with van der Waals surface area (Å²) >= 11 is 0. The van der Waals surface area contributed by atoms with Crippen molar-refractivity contribution in [1.82, 2.24) is 20.9 Å². The summed E-state index contributed by atoms with van der Waals surface area (Å²) < 4.78 is 5.46. The summed E-state index contributed by atoms with van der Waals surface area (Å²) in [5, 5.41) is 8.31. The van der Waals surface area contributed by atoms with E-state index in [9.17, 15) is 24.0 Å². The number of carbonyl (C=O) groups is 5. The van der Waals surface area contributed by atoms with Gasteiger partial charge < -0.3 is 25.6 Å². The van der Waals surface area contributed by atoms with Gasteiger partial charge in [0.25, 0.3) is 5.91 Å². The molecule has 1 saturated carbocycles. The Balaban J connectivity index is 1.66. The van der Waals surface area contributed by atoms with Crippen LogP contribution in [0.2, 0.25) is 0 Å². The minimum absolute atomic E-state index is 0.0481. The highest BCUT2D eigenvalue weighted by molar-refractivity contribution is 6.38. The molecule has 1 heterocycles. The van der Waals surface area contributed by atoms with Gasteiger partial charge >= 0.3 is 6.09 Å². The molecule has 1 aliphatic heterocycles. The van der Waals surface area contributed by atoms with E-state index in [1.54, 1.807) is 26.8 Å². The molecule has 0 radical (unpaired) electrons. The molecule has 0 aromatic carbocycles. The largest absolute Gasteiger partial charge is 0.444 e. The zero-order valence-corrected chi connectivity index (χ0v) is 26.4. The van der Waals surface area contributed by atoms with Gasteiger partial charge in [-0.3, -0.25) is 19.2 Å². The quantitative estimate of drug-likeness (QED) is 0.211. The number of Topliss-reactive ketones (excluding diaryl/α,β-unsaturated/α-hetero) is 1. The molecule has 3 atom stereocenters. The molecule has 10 heteroatoms. The first kappa shape index (κ1) is 34.3. The van der Waals surface area contributed by atoms with Crippen LogP contribution in [0.4, 0.5) is 4.79 Å². The van der Waals surface area contributed by atoms with Crippen LogP contribution in [-0.2, 0) is 23.9 Å². The van der Waals surface area contributed by atoms with Crippen LogP contribution in [0.5, 0.6) is 0 Å². The van der Waals surface area contributed by atoms with E-state index >= 15 is 0 Å². The molecule has 10 nitrogen and oxygen atoms in total. The van der Waals surface area contributed by atoms with Gasteiger partial charge in [-0.25, -0.2) is 4.79 Å². The van der Waals surface area contributed by atoms with Crippen molar-refractivity contribution < 1.29 is 28.7 Å². The van der Waals surface area contributed by atoms with E-state index in [4.69, 9.17) is 4.74 Å². The van der Waals surface area contributed by atoms with Crippen molar-refractivity contribution in [2.45, 2.75) is 134 Å². The maximum atomic E-state index is 13.9. The Morgan fingerprint density at radius 2 is 1.77 bits per heavy atom. The summed E-state index contributed by atoms with van der Waals surface area (Å²) in [6.07, 6.45) is 14.7. The maximum Gasteiger partial charge on any atom is 0.408 e. The number of ether oxygens (including phenoxy) is 1. The van der Waals surface area contributed by atoms with E-state index in [0.29, 0.717) is 38.8 Å². The predicted octanol–water partition coefficient (Wildman–Crippen LogP) is 4.48. The van der Waals surface area contributed by atoms with E-state index in [1.807, 2.05) is 0 Å². The van der Waals surface area contributed by atoms with E-state index < -0.39 is 47.4 Å². The first-order valence-corrected chi connectivity index (χ1v) is 16.2. The number of likely N-dealkylation sites (tertiary alicyclic amines) is 1. The average molecular weight is 601 g/mol. The lowest BCUT2D eigenvalue weighted by Gasteiger charge is -2.35. The Labute approximate surface area is 256 Å². The van der Waals surface area contributed by atoms with Gasteiger partial charge in [-0.2, -0.15) is 0 Å². The van der Waals surface area contributed by atoms with E-state index in [0.717, 1.165) is 51.4 Å². The molecule has 3 aliphatic rings. The van der Waals surface area contributed by atoms with Crippen LogP contribution in [0.15, 0.2) is 24.3 Å². The first-order valence-electron chi connectivity index (χ1n) is 16.2. The topological polar surface area (TPSA) is 134 Å². The molecule has 4 amide bonds. The third-order valence-corrected chi connectivity index (χ3v) is 8.53. The Morgan fingerprint density at radius 1 is 1.02 bits per heavy atom. The second kappa shape index (κ2) is 16.6. The Bertz CT molecular complexity index is 1040. The fourth-order valence-corrected chi connectivity index (χ4v) is 6.30. The van der Waals surface area contributed by atoms with Crippen LogP contribution in [0, 0.1) is 5.92 Å². The number of ketones is 1. The van der Waals surface area contributed by atoms with Gasteiger partial charge in [-0.05, 0) is 97.3 Å². The number of hydrogen-bond donors (Lipinski definition) is 3. The van der Waals surface area contributed by atoms with Crippen molar-refractivity contribution in [3.05, 3.63) is 24.3 Å². The number of hydrogen-bond acceptors (Lipinski definition) is 6. The van der Waals surface area contributed by atoms with Gasteiger partial charge in [-0.15, -0.1) is 6.58 Å². The fourth-order valence-electron chi connectivity index (χ4n) is 6.30. The lowest BCUT2D eigenvalue weighted by molar-refractivity contribution is -0.143. The number of nitrogens with one attached hydrogen (secondary N) is 3. The molecule has 0 bridgehead atoms. The lowest BCUT2D eigenvalue weighted by Crippen LogP contribution is -2.58. The summed E-state index contributed by atoms with van der Waals surface area (Å²) in [5.41, 5.74) is 0.585. The zero-order chi connectivity index (χ0) is 31.4. The zero-order valence-electron chi connectivity index (χ0n) is 26.4. The third kappa shape index (κ3) is 10.8. The minimum Gasteiger partial charge on any atom is -0.444 e. The summed E-state index contributed by atoms with van der Waals surface area (Å²) in [4.78, 5) is 67.6. The first-order chi connectivity index (χ1) is 20.5. The molecule has 240 valence electrons. The Hall–Kier alpha value is -3.17. The fraction of sp³-hybridized carbons (Fsp3) is 0.727. The molecular weight excluding hydrogens is 548 g/mol. The van der Waals surface area contributed by atoms with Crippen molar-refractivity contribution >= 4 is 29.6 Å². The highest BCUT2D eigenvalue weighted by Gasteiger charge is 2.42. The van der Waals surface area contributed by atoms with E-state index in [1.165, 1.54) is 16.9 Å². The number of nitrogens with zero attached hydrogens (tertiary/aromatic N) is 1. The van der Waals surface area contributed by atoms with Crippen LogP contribution in [0.25, 0.3) is 0 Å². The number of carbonyl (C=O) groups excluding carboxylic acids is 5. The summed E-state index contributed by atoms with van der Waals surface area (Å²) in [6, 6.07) is -2.61. The molecule has 1 saturated heterocycles. The smallest absolute Gasteiger partial charge is 0.408 e. The number of rotatable bonds is 13. The number of allylic oxidation sites excluding steroid dienone is 2. The van der Waals surface area contributed by atoms with Gasteiger partial charge in [-0.1, -0.05) is 37.0 Å². The molecule has 2 unspecified atom stereocenters. The molecule has 2 aliphatic carbocycles. The molecular formula is C33H52N4O6. The predicted molar refractivity (Wildman–Crippen MR) is 165 cm³/mol. The average Bonchev–Trinajstić information content (AvgIpc) is 3.48. The van der Waals surface area contributed by atoms with Crippen molar-refractivity contribution in [2.75, 3.05) is 13.1 Å². The van der Waals surface area contributed by atoms with Crippen molar-refractivity contribution in [1.29, 1.82) is 0 Å². The molecule has 0 aromatic heterocycles. The standard InChI is InChI=1S/C33H52N4O6/c1-5-6-18-25(28(38)30(40)34-21-20-23-14-9-7-10-15-23)35-29(39)26-19-13-22-37(26)31(41)27(24-16-11-8-12-17-24)36-32(42)43-33(2,3)4/h5,14,24-27H,1,6-13,15-22H2,2-4H3,(H,34,40)(H,35,39)(H,36,42)/t25?,26-,27?/m0/s1. The highest BCUT2D eigenvalue weighted by Crippen LogP contribution is 2.30. The van der Waals surface area contributed by atoms with Crippen molar-refractivity contribution in [3.8, 4) is 0 Å². The van der Waals surface area contributed by atoms with Gasteiger partial charge in [0.15, 0.2) is 0 Å². The molecule has 0 aromatic rings. The summed E-state index contributed by atoms with van der Waals surface area (Å²) in [6.45, 7) is 9.76. The van der Waals surface area contributed by atoms with Crippen LogP contribution < -0.4 is 16.0 Å². The van der Waals surface area contributed by atoms with Crippen LogP contribution >= 0.6 is 0 Å². The molecule has 3 rings (SSSR count). The monoisotopic (exact) mass is 600 g/mol. The van der Waals surface area contributed by atoms with E-state index in [2.05, 4.69) is 28.6 Å². The molecule has 0 spiro atoms. The third-order valence-electron chi connectivity index (χ3n) is 8.53. The Morgan fingerprint density at radius 3 is 2.42 bits per heavy atom. The molecule has 2 fully saturated rings. The normalized spacial score (nSPS) is 20.8. The molecule has 3 N–H and O–H groups in total. The van der Waals surface area contributed by atoms with Gasteiger partial charge in [0, 0.05) is 13.1 Å². The second-order valence-corrected chi connectivity index (χ2v) is 13.1. The number of alkyl carbamates (subject to hydrolysis) is 1. The second-order valence-electron chi connectivity index (χ2n) is 13.1.